The summed E-state index contributed by atoms with van der Waals surface area (Å²) in [7, 11) is 0. The Labute approximate surface area is 102 Å². The van der Waals surface area contributed by atoms with Gasteiger partial charge in [-0.1, -0.05) is 11.3 Å². The van der Waals surface area contributed by atoms with Crippen molar-refractivity contribution in [1.82, 2.24) is 9.88 Å². The first-order valence-electron chi connectivity index (χ1n) is 5.31. The predicted molar refractivity (Wildman–Crippen MR) is 63.4 cm³/mol. The van der Waals surface area contributed by atoms with Gasteiger partial charge in [0.15, 0.2) is 0 Å². The van der Waals surface area contributed by atoms with E-state index in [1.807, 2.05) is 0 Å². The summed E-state index contributed by atoms with van der Waals surface area (Å²) in [5, 5.41) is 0.806. The molecule has 4 heterocycles. The SMILES string of the molecule is Brc1cnc(OC2CN3CCC2CC3)s1. The predicted octanol–water partition coefficient (Wildman–Crippen LogP) is 2.38. The Morgan fingerprint density at radius 2 is 2.27 bits per heavy atom. The van der Waals surface area contributed by atoms with Gasteiger partial charge in [0.05, 0.1) is 9.98 Å². The van der Waals surface area contributed by atoms with Crippen molar-refractivity contribution in [1.29, 1.82) is 0 Å². The summed E-state index contributed by atoms with van der Waals surface area (Å²) in [5.41, 5.74) is 0. The maximum Gasteiger partial charge on any atom is 0.274 e. The van der Waals surface area contributed by atoms with Crippen LogP contribution in [0, 0.1) is 5.92 Å². The molecule has 1 unspecified atom stereocenters. The lowest BCUT2D eigenvalue weighted by molar-refractivity contribution is -0.00785. The van der Waals surface area contributed by atoms with Crippen LogP contribution in [0.1, 0.15) is 12.8 Å². The summed E-state index contributed by atoms with van der Waals surface area (Å²) in [5.74, 6) is 0.748. The highest BCUT2D eigenvalue weighted by atomic mass is 79.9. The molecule has 0 radical (unpaired) electrons. The van der Waals surface area contributed by atoms with E-state index < -0.39 is 0 Å². The van der Waals surface area contributed by atoms with Crippen molar-refractivity contribution >= 4 is 27.3 Å². The third-order valence-electron chi connectivity index (χ3n) is 3.30. The number of hydrogen-bond acceptors (Lipinski definition) is 4. The fraction of sp³-hybridized carbons (Fsp3) is 0.700. The first kappa shape index (κ1) is 10.1. The third kappa shape index (κ3) is 2.05. The average Bonchev–Trinajstić information content (AvgIpc) is 2.66. The molecule has 3 nitrogen and oxygen atoms in total. The molecule has 0 saturated carbocycles. The van der Waals surface area contributed by atoms with Gasteiger partial charge in [0.1, 0.15) is 6.10 Å². The van der Waals surface area contributed by atoms with Gasteiger partial charge in [-0.05, 0) is 47.8 Å². The van der Waals surface area contributed by atoms with Crippen LogP contribution in [0.25, 0.3) is 0 Å². The Morgan fingerprint density at radius 3 is 2.80 bits per heavy atom. The summed E-state index contributed by atoms with van der Waals surface area (Å²) in [6, 6.07) is 0. The van der Waals surface area contributed by atoms with Crippen LogP contribution in [0.15, 0.2) is 9.98 Å². The van der Waals surface area contributed by atoms with E-state index in [0.717, 1.165) is 21.4 Å². The lowest BCUT2D eigenvalue weighted by Gasteiger charge is -2.43. The minimum Gasteiger partial charge on any atom is -0.465 e. The fourth-order valence-electron chi connectivity index (χ4n) is 2.47. The van der Waals surface area contributed by atoms with Crippen molar-refractivity contribution in [3.05, 3.63) is 9.98 Å². The van der Waals surface area contributed by atoms with Gasteiger partial charge in [-0.25, -0.2) is 4.98 Å². The molecule has 0 spiro atoms. The normalized spacial score (nSPS) is 34.3. The van der Waals surface area contributed by atoms with E-state index >= 15 is 0 Å². The fourth-order valence-corrected chi connectivity index (χ4v) is 3.54. The van der Waals surface area contributed by atoms with Crippen LogP contribution in [-0.2, 0) is 0 Å². The molecule has 15 heavy (non-hydrogen) atoms. The van der Waals surface area contributed by atoms with Crippen LogP contribution in [0.2, 0.25) is 0 Å². The van der Waals surface area contributed by atoms with Gasteiger partial charge in [-0.2, -0.15) is 0 Å². The molecule has 0 aliphatic carbocycles. The molecule has 3 aliphatic rings. The monoisotopic (exact) mass is 288 g/mol. The number of piperidine rings is 3. The van der Waals surface area contributed by atoms with Crippen molar-refractivity contribution in [3.8, 4) is 5.19 Å². The molecule has 1 aromatic heterocycles. The highest BCUT2D eigenvalue weighted by Crippen LogP contribution is 2.33. The summed E-state index contributed by atoms with van der Waals surface area (Å²) < 4.78 is 6.99. The second kappa shape index (κ2) is 4.03. The molecule has 1 atom stereocenters. The van der Waals surface area contributed by atoms with Crippen LogP contribution >= 0.6 is 27.3 Å². The zero-order valence-electron chi connectivity index (χ0n) is 8.36. The van der Waals surface area contributed by atoms with E-state index in [-0.39, 0.29) is 0 Å². The molecule has 0 N–H and O–H groups in total. The Bertz CT molecular complexity index is 349. The number of nitrogens with zero attached hydrogens (tertiary/aromatic N) is 2. The van der Waals surface area contributed by atoms with Crippen molar-refractivity contribution in [2.45, 2.75) is 18.9 Å². The number of ether oxygens (including phenoxy) is 1. The average molecular weight is 289 g/mol. The molecule has 1 aromatic rings. The Hall–Kier alpha value is -0.130. The molecular formula is C10H13BrN2OS. The standard InChI is InChI=1S/C10H13BrN2OS/c11-9-5-12-10(15-9)14-8-6-13-3-1-7(8)2-4-13/h5,7-8H,1-4,6H2. The van der Waals surface area contributed by atoms with Gasteiger partial charge < -0.3 is 4.74 Å². The summed E-state index contributed by atoms with van der Waals surface area (Å²) >= 11 is 4.98. The molecule has 4 rings (SSSR count). The van der Waals surface area contributed by atoms with E-state index in [2.05, 4.69) is 25.8 Å². The Balaban J connectivity index is 1.68. The second-order valence-electron chi connectivity index (χ2n) is 4.22. The van der Waals surface area contributed by atoms with E-state index in [4.69, 9.17) is 4.74 Å². The molecule has 3 saturated heterocycles. The number of aromatic nitrogens is 1. The molecule has 0 amide bonds. The van der Waals surface area contributed by atoms with Crippen molar-refractivity contribution in [2.24, 2.45) is 5.92 Å². The number of thiazole rings is 1. The van der Waals surface area contributed by atoms with Crippen LogP contribution < -0.4 is 4.74 Å². The highest BCUT2D eigenvalue weighted by molar-refractivity contribution is 9.11. The number of rotatable bonds is 2. The van der Waals surface area contributed by atoms with Gasteiger partial charge >= 0.3 is 0 Å². The largest absolute Gasteiger partial charge is 0.465 e. The summed E-state index contributed by atoms with van der Waals surface area (Å²) in [6.07, 6.45) is 4.75. The minimum atomic E-state index is 0.366. The molecule has 2 bridgehead atoms. The van der Waals surface area contributed by atoms with Gasteiger partial charge in [0.2, 0.25) is 0 Å². The van der Waals surface area contributed by atoms with E-state index in [9.17, 15) is 0 Å². The lowest BCUT2D eigenvalue weighted by atomic mass is 9.86. The third-order valence-corrected chi connectivity index (χ3v) is 4.67. The smallest absolute Gasteiger partial charge is 0.274 e. The van der Waals surface area contributed by atoms with Crippen LogP contribution in [-0.4, -0.2) is 35.6 Å². The van der Waals surface area contributed by atoms with Crippen LogP contribution in [0.5, 0.6) is 5.19 Å². The van der Waals surface area contributed by atoms with Crippen molar-refractivity contribution < 1.29 is 4.74 Å². The summed E-state index contributed by atoms with van der Waals surface area (Å²) in [4.78, 5) is 6.72. The molecule has 3 fully saturated rings. The van der Waals surface area contributed by atoms with Crippen LogP contribution in [0.3, 0.4) is 0 Å². The van der Waals surface area contributed by atoms with Gasteiger partial charge in [-0.3, -0.25) is 4.90 Å². The first-order chi connectivity index (χ1) is 7.31. The maximum atomic E-state index is 5.95. The second-order valence-corrected chi connectivity index (χ2v) is 6.60. The molecule has 3 aliphatic heterocycles. The van der Waals surface area contributed by atoms with E-state index in [0.29, 0.717) is 6.10 Å². The molecule has 5 heteroatoms. The first-order valence-corrected chi connectivity index (χ1v) is 6.92. The van der Waals surface area contributed by atoms with Gasteiger partial charge in [-0.15, -0.1) is 0 Å². The summed E-state index contributed by atoms with van der Waals surface area (Å²) in [6.45, 7) is 3.60. The Morgan fingerprint density at radius 1 is 1.47 bits per heavy atom. The van der Waals surface area contributed by atoms with E-state index in [1.165, 1.54) is 25.9 Å². The minimum absolute atomic E-state index is 0.366. The maximum absolute atomic E-state index is 5.95. The van der Waals surface area contributed by atoms with Crippen LogP contribution in [0.4, 0.5) is 0 Å². The van der Waals surface area contributed by atoms with Gasteiger partial charge in [0.25, 0.3) is 5.19 Å². The number of fused-ring (bicyclic) bond motifs is 3. The lowest BCUT2D eigenvalue weighted by Crippen LogP contribution is -2.52. The van der Waals surface area contributed by atoms with Crippen molar-refractivity contribution in [3.63, 3.8) is 0 Å². The molecular weight excluding hydrogens is 276 g/mol. The zero-order chi connectivity index (χ0) is 10.3. The van der Waals surface area contributed by atoms with Gasteiger partial charge in [0, 0.05) is 6.54 Å². The topological polar surface area (TPSA) is 25.4 Å². The number of hydrogen-bond donors (Lipinski definition) is 0. The molecule has 0 aromatic carbocycles. The molecule has 82 valence electrons. The van der Waals surface area contributed by atoms with Crippen molar-refractivity contribution in [2.75, 3.05) is 19.6 Å². The quantitative estimate of drug-likeness (QED) is 0.836. The van der Waals surface area contributed by atoms with E-state index in [1.54, 1.807) is 17.5 Å². The number of halogens is 1. The Kier molecular flexibility index (Phi) is 2.70. The zero-order valence-corrected chi connectivity index (χ0v) is 10.8. The highest BCUT2D eigenvalue weighted by Gasteiger charge is 2.35.